The summed E-state index contributed by atoms with van der Waals surface area (Å²) in [6.45, 7) is 6.71. The largest absolute Gasteiger partial charge is 0.417 e. The highest BCUT2D eigenvalue weighted by Crippen LogP contribution is 2.39. The van der Waals surface area contributed by atoms with E-state index < -0.39 is 11.7 Å². The monoisotopic (exact) mass is 405 g/mol. The molecule has 0 spiro atoms. The van der Waals surface area contributed by atoms with Gasteiger partial charge in [-0.15, -0.1) is 10.2 Å². The fourth-order valence-corrected chi connectivity index (χ4v) is 4.32. The number of anilines is 1. The number of halogens is 3. The van der Waals surface area contributed by atoms with Crippen LogP contribution in [-0.2, 0) is 6.18 Å². The Labute approximate surface area is 169 Å². The molecule has 0 amide bonds. The zero-order chi connectivity index (χ0) is 21.2. The molecule has 1 heterocycles. The van der Waals surface area contributed by atoms with E-state index in [-0.39, 0.29) is 23.6 Å². The van der Waals surface area contributed by atoms with Gasteiger partial charge >= 0.3 is 6.18 Å². The molecule has 0 saturated heterocycles. The molecular weight excluding hydrogens is 379 g/mol. The number of aromatic nitrogens is 3. The van der Waals surface area contributed by atoms with Crippen LogP contribution in [0.2, 0.25) is 0 Å². The predicted octanol–water partition coefficient (Wildman–Crippen LogP) is 5.30. The molecule has 1 aliphatic carbocycles. The molecule has 0 aliphatic heterocycles. The van der Waals surface area contributed by atoms with E-state index in [1.165, 1.54) is 6.07 Å². The summed E-state index contributed by atoms with van der Waals surface area (Å²) in [7, 11) is 0. The summed E-state index contributed by atoms with van der Waals surface area (Å²) in [6.07, 6.45) is 0.919. The molecule has 1 aliphatic rings. The predicted molar refractivity (Wildman–Crippen MR) is 105 cm³/mol. The third kappa shape index (κ3) is 4.39. The molecule has 2 unspecified atom stereocenters. The van der Waals surface area contributed by atoms with E-state index in [4.69, 9.17) is 5.26 Å². The fourth-order valence-electron chi connectivity index (χ4n) is 4.32. The topological polar surface area (TPSA) is 57.7 Å². The van der Waals surface area contributed by atoms with Crippen LogP contribution < -0.4 is 4.90 Å². The Morgan fingerprint density at radius 2 is 2.07 bits per heavy atom. The second-order valence-electron chi connectivity index (χ2n) is 7.83. The Balaban J connectivity index is 1.88. The van der Waals surface area contributed by atoms with Gasteiger partial charge in [0.1, 0.15) is 12.2 Å². The average molecular weight is 405 g/mol. The first kappa shape index (κ1) is 21.2. The SMILES string of the molecule is CCN(c1ccc(C#N)c(C(F)(F)F)c1)C1CCCC(c2nncn2C(C)C)C1. The van der Waals surface area contributed by atoms with Gasteiger partial charge in [0.2, 0.25) is 0 Å². The lowest BCUT2D eigenvalue weighted by Crippen LogP contribution is -2.39. The molecule has 3 rings (SSSR count). The van der Waals surface area contributed by atoms with E-state index >= 15 is 0 Å². The Hall–Kier alpha value is -2.56. The molecular formula is C21H26F3N5. The van der Waals surface area contributed by atoms with Crippen LogP contribution in [0, 0.1) is 11.3 Å². The van der Waals surface area contributed by atoms with Crippen molar-refractivity contribution in [2.75, 3.05) is 11.4 Å². The van der Waals surface area contributed by atoms with Crippen LogP contribution in [0.1, 0.15) is 75.4 Å². The van der Waals surface area contributed by atoms with E-state index in [0.717, 1.165) is 37.6 Å². The Morgan fingerprint density at radius 3 is 2.69 bits per heavy atom. The van der Waals surface area contributed by atoms with Gasteiger partial charge in [0, 0.05) is 30.2 Å². The first-order valence-electron chi connectivity index (χ1n) is 10.0. The molecule has 0 N–H and O–H groups in total. The maximum Gasteiger partial charge on any atom is 0.417 e. The summed E-state index contributed by atoms with van der Waals surface area (Å²) in [5, 5.41) is 17.4. The minimum Gasteiger partial charge on any atom is -0.369 e. The normalized spacial score (nSPS) is 19.9. The van der Waals surface area contributed by atoms with Gasteiger partial charge in [-0.25, -0.2) is 0 Å². The maximum atomic E-state index is 13.4. The smallest absolute Gasteiger partial charge is 0.369 e. The number of nitriles is 1. The zero-order valence-electron chi connectivity index (χ0n) is 16.9. The van der Waals surface area contributed by atoms with Crippen molar-refractivity contribution in [3.63, 3.8) is 0 Å². The third-order valence-electron chi connectivity index (χ3n) is 5.71. The second-order valence-corrected chi connectivity index (χ2v) is 7.83. The number of benzene rings is 1. The highest BCUT2D eigenvalue weighted by Gasteiger charge is 2.35. The van der Waals surface area contributed by atoms with Crippen LogP contribution in [0.5, 0.6) is 0 Å². The van der Waals surface area contributed by atoms with Crippen LogP contribution in [-0.4, -0.2) is 27.4 Å². The van der Waals surface area contributed by atoms with E-state index in [1.54, 1.807) is 18.5 Å². The lowest BCUT2D eigenvalue weighted by molar-refractivity contribution is -0.137. The molecule has 5 nitrogen and oxygen atoms in total. The molecule has 2 atom stereocenters. The van der Waals surface area contributed by atoms with Crippen molar-refractivity contribution in [3.05, 3.63) is 41.5 Å². The van der Waals surface area contributed by atoms with Crippen LogP contribution in [0.15, 0.2) is 24.5 Å². The molecule has 156 valence electrons. The number of hydrogen-bond acceptors (Lipinski definition) is 4. The van der Waals surface area contributed by atoms with Gasteiger partial charge in [-0.2, -0.15) is 18.4 Å². The number of rotatable bonds is 5. The lowest BCUT2D eigenvalue weighted by Gasteiger charge is -2.38. The van der Waals surface area contributed by atoms with Gasteiger partial charge in [0.25, 0.3) is 0 Å². The lowest BCUT2D eigenvalue weighted by atomic mass is 9.84. The van der Waals surface area contributed by atoms with Crippen molar-refractivity contribution in [1.29, 1.82) is 5.26 Å². The van der Waals surface area contributed by atoms with E-state index in [2.05, 4.69) is 28.6 Å². The first-order chi connectivity index (χ1) is 13.8. The van der Waals surface area contributed by atoms with Crippen LogP contribution >= 0.6 is 0 Å². The van der Waals surface area contributed by atoms with E-state index in [1.807, 2.05) is 11.8 Å². The van der Waals surface area contributed by atoms with Crippen LogP contribution in [0.4, 0.5) is 18.9 Å². The van der Waals surface area contributed by atoms with Crippen molar-refractivity contribution in [2.45, 2.75) is 70.6 Å². The molecule has 1 saturated carbocycles. The Kier molecular flexibility index (Phi) is 6.15. The van der Waals surface area contributed by atoms with Gasteiger partial charge in [-0.05, 0) is 58.2 Å². The van der Waals surface area contributed by atoms with Gasteiger partial charge in [0.15, 0.2) is 0 Å². The quantitative estimate of drug-likeness (QED) is 0.677. The van der Waals surface area contributed by atoms with Crippen molar-refractivity contribution in [3.8, 4) is 6.07 Å². The third-order valence-corrected chi connectivity index (χ3v) is 5.71. The van der Waals surface area contributed by atoms with Gasteiger partial charge in [-0.3, -0.25) is 0 Å². The molecule has 2 aromatic rings. The molecule has 1 aromatic heterocycles. The zero-order valence-corrected chi connectivity index (χ0v) is 16.9. The van der Waals surface area contributed by atoms with Crippen molar-refractivity contribution < 1.29 is 13.2 Å². The summed E-state index contributed by atoms with van der Waals surface area (Å²) >= 11 is 0. The Morgan fingerprint density at radius 1 is 1.31 bits per heavy atom. The average Bonchev–Trinajstić information content (AvgIpc) is 3.18. The molecule has 1 aromatic carbocycles. The molecule has 0 radical (unpaired) electrons. The number of alkyl halides is 3. The summed E-state index contributed by atoms with van der Waals surface area (Å²) in [4.78, 5) is 2.03. The van der Waals surface area contributed by atoms with Crippen molar-refractivity contribution >= 4 is 5.69 Å². The summed E-state index contributed by atoms with van der Waals surface area (Å²) < 4.78 is 42.3. The molecule has 8 heteroatoms. The van der Waals surface area contributed by atoms with Crippen LogP contribution in [0.25, 0.3) is 0 Å². The Bertz CT molecular complexity index is 881. The summed E-state index contributed by atoms with van der Waals surface area (Å²) in [5.41, 5.74) is -0.707. The highest BCUT2D eigenvalue weighted by molar-refractivity contribution is 5.55. The summed E-state index contributed by atoms with van der Waals surface area (Å²) in [6, 6.07) is 6.04. The minimum atomic E-state index is -4.55. The standard InChI is InChI=1S/C21H26F3N5/c1-4-28(18-9-8-16(12-25)19(11-18)21(22,23)24)17-7-5-6-15(10-17)20-27-26-13-29(20)14(2)3/h8-9,11,13-15,17H,4-7,10H2,1-3H3. The van der Waals surface area contributed by atoms with Crippen LogP contribution in [0.3, 0.4) is 0 Å². The second kappa shape index (κ2) is 8.44. The fraction of sp³-hybridized carbons (Fsp3) is 0.571. The first-order valence-corrected chi connectivity index (χ1v) is 10.0. The van der Waals surface area contributed by atoms with Gasteiger partial charge < -0.3 is 9.47 Å². The van der Waals surface area contributed by atoms with Gasteiger partial charge in [-0.1, -0.05) is 6.42 Å². The van der Waals surface area contributed by atoms with E-state index in [9.17, 15) is 13.2 Å². The number of hydrogen-bond donors (Lipinski definition) is 0. The van der Waals surface area contributed by atoms with Crippen molar-refractivity contribution in [1.82, 2.24) is 14.8 Å². The minimum absolute atomic E-state index is 0.116. The molecule has 29 heavy (non-hydrogen) atoms. The highest BCUT2D eigenvalue weighted by atomic mass is 19.4. The van der Waals surface area contributed by atoms with E-state index in [0.29, 0.717) is 12.2 Å². The summed E-state index contributed by atoms with van der Waals surface area (Å²) in [5.74, 6) is 1.18. The van der Waals surface area contributed by atoms with Crippen molar-refractivity contribution in [2.24, 2.45) is 0 Å². The molecule has 1 fully saturated rings. The maximum absolute atomic E-state index is 13.4. The molecule has 0 bridgehead atoms. The van der Waals surface area contributed by atoms with Gasteiger partial charge in [0.05, 0.1) is 17.2 Å². The number of nitrogens with zero attached hydrogens (tertiary/aromatic N) is 5.